The predicted molar refractivity (Wildman–Crippen MR) is 51.2 cm³/mol. The summed E-state index contributed by atoms with van der Waals surface area (Å²) < 4.78 is 0.861. The van der Waals surface area contributed by atoms with Gasteiger partial charge >= 0.3 is 0 Å². The lowest BCUT2D eigenvalue weighted by Gasteiger charge is -2.15. The van der Waals surface area contributed by atoms with E-state index in [0.717, 1.165) is 23.5 Å². The number of nitrogens with zero attached hydrogens (tertiary/aromatic N) is 3. The van der Waals surface area contributed by atoms with E-state index in [2.05, 4.69) is 30.8 Å². The molecule has 0 unspecified atom stereocenters. The average molecular weight is 228 g/mol. The van der Waals surface area contributed by atoms with Crippen LogP contribution in [-0.4, -0.2) is 23.1 Å². The van der Waals surface area contributed by atoms with Crippen LogP contribution in [-0.2, 0) is 0 Å². The molecule has 1 aliphatic heterocycles. The summed E-state index contributed by atoms with van der Waals surface area (Å²) in [5.41, 5.74) is 0. The third-order valence-electron chi connectivity index (χ3n) is 2.05. The highest BCUT2D eigenvalue weighted by Gasteiger charge is 2.13. The Morgan fingerprint density at radius 3 is 2.67 bits per heavy atom. The molecule has 0 saturated carbocycles. The monoisotopic (exact) mass is 227 g/mol. The molecule has 1 aromatic rings. The summed E-state index contributed by atoms with van der Waals surface area (Å²) in [6.45, 7) is 2.26. The van der Waals surface area contributed by atoms with Crippen LogP contribution in [0.15, 0.2) is 17.0 Å². The van der Waals surface area contributed by atoms with Crippen molar-refractivity contribution in [2.75, 3.05) is 18.0 Å². The molecule has 0 N–H and O–H groups in total. The molecule has 12 heavy (non-hydrogen) atoms. The van der Waals surface area contributed by atoms with Crippen molar-refractivity contribution in [3.8, 4) is 0 Å². The van der Waals surface area contributed by atoms with Crippen molar-refractivity contribution >= 4 is 21.7 Å². The molecule has 0 bridgehead atoms. The summed E-state index contributed by atoms with van der Waals surface area (Å²) in [7, 11) is 0. The Morgan fingerprint density at radius 2 is 2.00 bits per heavy atom. The minimum Gasteiger partial charge on any atom is -0.356 e. The van der Waals surface area contributed by atoms with Crippen molar-refractivity contribution in [3.05, 3.63) is 17.0 Å². The zero-order chi connectivity index (χ0) is 8.39. The lowest BCUT2D eigenvalue weighted by atomic mass is 10.4. The van der Waals surface area contributed by atoms with Crippen molar-refractivity contribution in [1.82, 2.24) is 9.97 Å². The lowest BCUT2D eigenvalue weighted by molar-refractivity contribution is 0.924. The molecule has 1 fully saturated rings. The van der Waals surface area contributed by atoms with E-state index in [1.54, 1.807) is 6.33 Å². The van der Waals surface area contributed by atoms with Crippen molar-refractivity contribution in [2.24, 2.45) is 0 Å². The first kappa shape index (κ1) is 7.98. The molecule has 0 aliphatic carbocycles. The minimum absolute atomic E-state index is 0.861. The van der Waals surface area contributed by atoms with Gasteiger partial charge in [0.25, 0.3) is 0 Å². The number of halogens is 1. The van der Waals surface area contributed by atoms with Crippen LogP contribution in [0.2, 0.25) is 0 Å². The maximum atomic E-state index is 4.21. The smallest absolute Gasteiger partial charge is 0.133 e. The molecular formula is C8H10BrN3. The Bertz CT molecular complexity index is 271. The second-order valence-corrected chi connectivity index (χ2v) is 3.71. The summed E-state index contributed by atoms with van der Waals surface area (Å²) in [6.07, 6.45) is 4.15. The second kappa shape index (κ2) is 3.39. The molecule has 3 nitrogen and oxygen atoms in total. The third kappa shape index (κ3) is 1.58. The van der Waals surface area contributed by atoms with Gasteiger partial charge in [-0.25, -0.2) is 9.97 Å². The van der Waals surface area contributed by atoms with Crippen molar-refractivity contribution < 1.29 is 0 Å². The molecule has 64 valence electrons. The van der Waals surface area contributed by atoms with Gasteiger partial charge in [0.15, 0.2) is 0 Å². The van der Waals surface area contributed by atoms with Gasteiger partial charge in [0.2, 0.25) is 0 Å². The summed E-state index contributed by atoms with van der Waals surface area (Å²) >= 11 is 3.33. The van der Waals surface area contributed by atoms with E-state index >= 15 is 0 Å². The van der Waals surface area contributed by atoms with Crippen LogP contribution in [0.25, 0.3) is 0 Å². The predicted octanol–water partition coefficient (Wildman–Crippen LogP) is 1.84. The van der Waals surface area contributed by atoms with Crippen LogP contribution >= 0.6 is 15.9 Å². The van der Waals surface area contributed by atoms with Gasteiger partial charge in [0.1, 0.15) is 16.7 Å². The van der Waals surface area contributed by atoms with Gasteiger partial charge in [-0.3, -0.25) is 0 Å². The quantitative estimate of drug-likeness (QED) is 0.686. The Kier molecular flexibility index (Phi) is 2.26. The maximum Gasteiger partial charge on any atom is 0.133 e. The molecule has 2 rings (SSSR count). The molecule has 0 spiro atoms. The van der Waals surface area contributed by atoms with Crippen LogP contribution in [0.5, 0.6) is 0 Å². The largest absolute Gasteiger partial charge is 0.356 e. The highest BCUT2D eigenvalue weighted by atomic mass is 79.9. The lowest BCUT2D eigenvalue weighted by Crippen LogP contribution is -2.18. The zero-order valence-corrected chi connectivity index (χ0v) is 8.29. The van der Waals surface area contributed by atoms with Crippen LogP contribution in [0.4, 0.5) is 5.82 Å². The van der Waals surface area contributed by atoms with E-state index in [1.165, 1.54) is 12.8 Å². The number of rotatable bonds is 1. The fourth-order valence-electron chi connectivity index (χ4n) is 1.44. The van der Waals surface area contributed by atoms with E-state index in [1.807, 2.05) is 6.07 Å². The highest BCUT2D eigenvalue weighted by molar-refractivity contribution is 9.10. The number of anilines is 1. The first-order valence-corrected chi connectivity index (χ1v) is 4.88. The third-order valence-corrected chi connectivity index (χ3v) is 2.48. The Hall–Kier alpha value is -0.640. The molecule has 1 aliphatic rings. The number of hydrogen-bond donors (Lipinski definition) is 0. The van der Waals surface area contributed by atoms with E-state index in [4.69, 9.17) is 0 Å². The van der Waals surface area contributed by atoms with E-state index in [-0.39, 0.29) is 0 Å². The fourth-order valence-corrected chi connectivity index (χ4v) is 1.74. The summed E-state index contributed by atoms with van der Waals surface area (Å²) in [5.74, 6) is 1.04. The maximum absolute atomic E-state index is 4.21. The van der Waals surface area contributed by atoms with Gasteiger partial charge in [0, 0.05) is 19.2 Å². The average Bonchev–Trinajstić information content (AvgIpc) is 2.56. The molecule has 0 amide bonds. The molecule has 2 heterocycles. The van der Waals surface area contributed by atoms with Gasteiger partial charge in [-0.2, -0.15) is 0 Å². The minimum atomic E-state index is 0.861. The topological polar surface area (TPSA) is 29.0 Å². The second-order valence-electron chi connectivity index (χ2n) is 2.89. The van der Waals surface area contributed by atoms with E-state index < -0.39 is 0 Å². The van der Waals surface area contributed by atoms with Crippen molar-refractivity contribution in [2.45, 2.75) is 12.8 Å². The van der Waals surface area contributed by atoms with Crippen molar-refractivity contribution in [3.63, 3.8) is 0 Å². The Labute approximate surface area is 80.0 Å². The molecule has 4 heteroatoms. The number of aromatic nitrogens is 2. The molecule has 1 saturated heterocycles. The van der Waals surface area contributed by atoms with Crippen LogP contribution in [0.3, 0.4) is 0 Å². The SMILES string of the molecule is Brc1cc(N2CCCC2)ncn1. The van der Waals surface area contributed by atoms with E-state index in [9.17, 15) is 0 Å². The zero-order valence-electron chi connectivity index (χ0n) is 6.70. The van der Waals surface area contributed by atoms with Crippen LogP contribution in [0.1, 0.15) is 12.8 Å². The first-order chi connectivity index (χ1) is 5.86. The Balaban J connectivity index is 2.21. The Morgan fingerprint density at radius 1 is 1.25 bits per heavy atom. The van der Waals surface area contributed by atoms with Gasteiger partial charge in [0.05, 0.1) is 0 Å². The van der Waals surface area contributed by atoms with Gasteiger partial charge in [-0.15, -0.1) is 0 Å². The normalized spacial score (nSPS) is 16.9. The van der Waals surface area contributed by atoms with Crippen LogP contribution < -0.4 is 4.90 Å². The molecular weight excluding hydrogens is 218 g/mol. The fraction of sp³-hybridized carbons (Fsp3) is 0.500. The number of hydrogen-bond acceptors (Lipinski definition) is 3. The van der Waals surface area contributed by atoms with E-state index in [0.29, 0.717) is 0 Å². The highest BCUT2D eigenvalue weighted by Crippen LogP contribution is 2.19. The molecule has 1 aromatic heterocycles. The summed E-state index contributed by atoms with van der Waals surface area (Å²) in [5, 5.41) is 0. The van der Waals surface area contributed by atoms with Crippen molar-refractivity contribution in [1.29, 1.82) is 0 Å². The first-order valence-electron chi connectivity index (χ1n) is 4.09. The molecule has 0 atom stereocenters. The van der Waals surface area contributed by atoms with Gasteiger partial charge in [-0.05, 0) is 28.8 Å². The molecule has 0 aromatic carbocycles. The van der Waals surface area contributed by atoms with Gasteiger partial charge in [-0.1, -0.05) is 0 Å². The standard InChI is InChI=1S/C8H10BrN3/c9-7-5-8(11-6-10-7)12-3-1-2-4-12/h5-6H,1-4H2. The molecule has 0 radical (unpaired) electrons. The summed E-state index contributed by atoms with van der Waals surface area (Å²) in [4.78, 5) is 10.5. The summed E-state index contributed by atoms with van der Waals surface area (Å²) in [6, 6.07) is 1.96. The van der Waals surface area contributed by atoms with Crippen LogP contribution in [0, 0.1) is 0 Å². The van der Waals surface area contributed by atoms with Gasteiger partial charge < -0.3 is 4.90 Å².